The maximum atomic E-state index is 11.5. The molecular formula is C17H25ClN2OS. The zero-order valence-corrected chi connectivity index (χ0v) is 14.8. The van der Waals surface area contributed by atoms with Gasteiger partial charge in [0.2, 0.25) is 5.91 Å². The predicted molar refractivity (Wildman–Crippen MR) is 94.7 cm³/mol. The highest BCUT2D eigenvalue weighted by Crippen LogP contribution is 2.27. The second kappa shape index (κ2) is 9.43. The van der Waals surface area contributed by atoms with Crippen LogP contribution in [0.2, 0.25) is 5.02 Å². The van der Waals surface area contributed by atoms with Crippen LogP contribution < -0.4 is 5.32 Å². The molecule has 0 aliphatic carbocycles. The Bertz CT molecular complexity index is 483. The number of rotatable bonds is 7. The van der Waals surface area contributed by atoms with Crippen molar-refractivity contribution >= 4 is 29.3 Å². The van der Waals surface area contributed by atoms with E-state index in [-0.39, 0.29) is 5.91 Å². The quantitative estimate of drug-likeness (QED) is 0.605. The third-order valence-corrected chi connectivity index (χ3v) is 5.51. The van der Waals surface area contributed by atoms with Crippen molar-refractivity contribution in [3.63, 3.8) is 0 Å². The Labute approximate surface area is 142 Å². The number of carbonyl (C=O) groups excluding carboxylic acids is 1. The molecule has 1 heterocycles. The molecule has 5 heteroatoms. The number of amides is 1. The van der Waals surface area contributed by atoms with Gasteiger partial charge in [-0.05, 0) is 50.2 Å². The normalized spacial score (nSPS) is 19.1. The Morgan fingerprint density at radius 1 is 1.45 bits per heavy atom. The molecule has 22 heavy (non-hydrogen) atoms. The first-order chi connectivity index (χ1) is 10.7. The number of thioether (sulfide) groups is 1. The van der Waals surface area contributed by atoms with Gasteiger partial charge in [0.1, 0.15) is 0 Å². The van der Waals surface area contributed by atoms with Gasteiger partial charge >= 0.3 is 0 Å². The van der Waals surface area contributed by atoms with Crippen molar-refractivity contribution in [1.82, 2.24) is 10.2 Å². The third-order valence-electron chi connectivity index (χ3n) is 3.90. The van der Waals surface area contributed by atoms with Crippen LogP contribution in [0.3, 0.4) is 0 Å². The smallest absolute Gasteiger partial charge is 0.219 e. The Hall–Kier alpha value is -0.710. The van der Waals surface area contributed by atoms with Crippen molar-refractivity contribution in [1.29, 1.82) is 0 Å². The van der Waals surface area contributed by atoms with Gasteiger partial charge in [-0.15, -0.1) is 11.8 Å². The standard InChI is InChI=1S/C17H25ClN2OS/c1-2-17(21)19-14-7-5-10-20(13-14)11-6-12-22-16-9-4-3-8-15(16)18/h3-4,8-9,14H,2,5-7,10-13H2,1H3,(H,19,21). The summed E-state index contributed by atoms with van der Waals surface area (Å²) in [4.78, 5) is 15.1. The van der Waals surface area contributed by atoms with Gasteiger partial charge in [-0.2, -0.15) is 0 Å². The Balaban J connectivity index is 1.66. The van der Waals surface area contributed by atoms with Crippen LogP contribution in [-0.2, 0) is 4.79 Å². The van der Waals surface area contributed by atoms with E-state index in [9.17, 15) is 4.79 Å². The van der Waals surface area contributed by atoms with Crippen LogP contribution in [0.15, 0.2) is 29.2 Å². The minimum absolute atomic E-state index is 0.168. The van der Waals surface area contributed by atoms with Crippen molar-refractivity contribution in [2.24, 2.45) is 0 Å². The van der Waals surface area contributed by atoms with Crippen LogP contribution in [-0.4, -0.2) is 42.2 Å². The minimum Gasteiger partial charge on any atom is -0.352 e. The number of carbonyl (C=O) groups is 1. The van der Waals surface area contributed by atoms with Crippen LogP contribution in [0.4, 0.5) is 0 Å². The van der Waals surface area contributed by atoms with E-state index >= 15 is 0 Å². The molecule has 2 rings (SSSR count). The van der Waals surface area contributed by atoms with Gasteiger partial charge in [-0.25, -0.2) is 0 Å². The summed E-state index contributed by atoms with van der Waals surface area (Å²) in [5.74, 6) is 1.24. The first-order valence-corrected chi connectivity index (χ1v) is 9.44. The molecule has 3 nitrogen and oxygen atoms in total. The van der Waals surface area contributed by atoms with Crippen LogP contribution >= 0.6 is 23.4 Å². The number of hydrogen-bond donors (Lipinski definition) is 1. The average Bonchev–Trinajstić information content (AvgIpc) is 2.53. The first-order valence-electron chi connectivity index (χ1n) is 8.08. The number of hydrogen-bond acceptors (Lipinski definition) is 3. The maximum absolute atomic E-state index is 11.5. The number of nitrogens with one attached hydrogen (secondary N) is 1. The fourth-order valence-electron chi connectivity index (χ4n) is 2.74. The topological polar surface area (TPSA) is 32.3 Å². The highest BCUT2D eigenvalue weighted by molar-refractivity contribution is 7.99. The molecular weight excluding hydrogens is 316 g/mol. The lowest BCUT2D eigenvalue weighted by atomic mass is 10.1. The second-order valence-electron chi connectivity index (χ2n) is 5.69. The van der Waals surface area contributed by atoms with Gasteiger partial charge in [-0.1, -0.05) is 30.7 Å². The fourth-order valence-corrected chi connectivity index (χ4v) is 3.91. The summed E-state index contributed by atoms with van der Waals surface area (Å²) in [6, 6.07) is 8.34. The van der Waals surface area contributed by atoms with E-state index in [1.54, 1.807) is 0 Å². The van der Waals surface area contributed by atoms with Gasteiger partial charge in [-0.3, -0.25) is 4.79 Å². The molecule has 1 unspecified atom stereocenters. The minimum atomic E-state index is 0.168. The lowest BCUT2D eigenvalue weighted by molar-refractivity contribution is -0.121. The molecule has 1 aliphatic heterocycles. The van der Waals surface area contributed by atoms with Gasteiger partial charge in [0.25, 0.3) is 0 Å². The molecule has 1 aromatic rings. The zero-order chi connectivity index (χ0) is 15.8. The van der Waals surface area contributed by atoms with Gasteiger partial charge in [0, 0.05) is 23.9 Å². The molecule has 0 aromatic heterocycles. The van der Waals surface area contributed by atoms with E-state index in [4.69, 9.17) is 11.6 Å². The highest BCUT2D eigenvalue weighted by Gasteiger charge is 2.20. The molecule has 0 saturated carbocycles. The van der Waals surface area contributed by atoms with Gasteiger partial charge < -0.3 is 10.2 Å². The third kappa shape index (κ3) is 5.82. The molecule has 1 aliphatic rings. The van der Waals surface area contributed by atoms with Gasteiger partial charge in [0.15, 0.2) is 0 Å². The average molecular weight is 341 g/mol. The summed E-state index contributed by atoms with van der Waals surface area (Å²) < 4.78 is 0. The zero-order valence-electron chi connectivity index (χ0n) is 13.2. The summed E-state index contributed by atoms with van der Waals surface area (Å²) in [6.45, 7) is 5.13. The number of nitrogens with zero attached hydrogens (tertiary/aromatic N) is 1. The van der Waals surface area contributed by atoms with E-state index in [1.165, 1.54) is 6.42 Å². The fraction of sp³-hybridized carbons (Fsp3) is 0.588. The van der Waals surface area contributed by atoms with E-state index in [2.05, 4.69) is 16.3 Å². The molecule has 1 fully saturated rings. The molecule has 0 radical (unpaired) electrons. The molecule has 0 spiro atoms. The summed E-state index contributed by atoms with van der Waals surface area (Å²) in [7, 11) is 0. The number of likely N-dealkylation sites (tertiary alicyclic amines) is 1. The van der Waals surface area contributed by atoms with Crippen LogP contribution in [0, 0.1) is 0 Å². The lowest BCUT2D eigenvalue weighted by Gasteiger charge is -2.33. The van der Waals surface area contributed by atoms with E-state index in [1.807, 2.05) is 36.9 Å². The van der Waals surface area contributed by atoms with Crippen LogP contribution in [0.1, 0.15) is 32.6 Å². The maximum Gasteiger partial charge on any atom is 0.219 e. The number of benzene rings is 1. The summed E-state index contributed by atoms with van der Waals surface area (Å²) in [5.41, 5.74) is 0. The SMILES string of the molecule is CCC(=O)NC1CCCN(CCCSc2ccccc2Cl)C1. The van der Waals surface area contributed by atoms with Crippen molar-refractivity contribution in [3.8, 4) is 0 Å². The summed E-state index contributed by atoms with van der Waals surface area (Å²) in [6.07, 6.45) is 4.00. The van der Waals surface area contributed by atoms with Crippen LogP contribution in [0.5, 0.6) is 0 Å². The molecule has 1 atom stereocenters. The van der Waals surface area contributed by atoms with Crippen molar-refractivity contribution in [2.45, 2.75) is 43.5 Å². The van der Waals surface area contributed by atoms with Crippen LogP contribution in [0.25, 0.3) is 0 Å². The largest absolute Gasteiger partial charge is 0.352 e. The monoisotopic (exact) mass is 340 g/mol. The molecule has 1 N–H and O–H groups in total. The molecule has 122 valence electrons. The van der Waals surface area contributed by atoms with E-state index in [0.29, 0.717) is 12.5 Å². The Morgan fingerprint density at radius 2 is 2.27 bits per heavy atom. The Morgan fingerprint density at radius 3 is 3.05 bits per heavy atom. The second-order valence-corrected chi connectivity index (χ2v) is 7.24. The molecule has 0 bridgehead atoms. The van der Waals surface area contributed by atoms with Crippen molar-refractivity contribution < 1.29 is 4.79 Å². The first kappa shape index (κ1) is 17.6. The van der Waals surface area contributed by atoms with E-state index in [0.717, 1.165) is 48.1 Å². The van der Waals surface area contributed by atoms with Crippen molar-refractivity contribution in [3.05, 3.63) is 29.3 Å². The summed E-state index contributed by atoms with van der Waals surface area (Å²) in [5, 5.41) is 3.96. The van der Waals surface area contributed by atoms with Gasteiger partial charge in [0.05, 0.1) is 5.02 Å². The highest BCUT2D eigenvalue weighted by atomic mass is 35.5. The predicted octanol–water partition coefficient (Wildman–Crippen LogP) is 3.81. The molecule has 1 aromatic carbocycles. The molecule has 1 saturated heterocycles. The van der Waals surface area contributed by atoms with E-state index < -0.39 is 0 Å². The Kier molecular flexibility index (Phi) is 7.56. The summed E-state index contributed by atoms with van der Waals surface area (Å²) >= 11 is 7.98. The van der Waals surface area contributed by atoms with Crippen molar-refractivity contribution in [2.75, 3.05) is 25.4 Å². The number of halogens is 1. The number of piperidine rings is 1. The molecule has 1 amide bonds. The lowest BCUT2D eigenvalue weighted by Crippen LogP contribution is -2.47.